The zero-order chi connectivity index (χ0) is 16.0. The van der Waals surface area contributed by atoms with Crippen LogP contribution in [0.5, 0.6) is 0 Å². The van der Waals surface area contributed by atoms with E-state index in [0.29, 0.717) is 0 Å². The number of nitrogens with one attached hydrogen (secondary N) is 1. The molecule has 4 rings (SSSR count). The van der Waals surface area contributed by atoms with Gasteiger partial charge in [0.25, 0.3) is 0 Å². The number of aromatic nitrogens is 4. The highest BCUT2D eigenvalue weighted by atomic mass is 32.1. The van der Waals surface area contributed by atoms with Crippen LogP contribution in [0.1, 0.15) is 19.8 Å². The van der Waals surface area contributed by atoms with E-state index in [1.54, 1.807) is 6.33 Å². The van der Waals surface area contributed by atoms with Gasteiger partial charge >= 0.3 is 0 Å². The highest BCUT2D eigenvalue weighted by molar-refractivity contribution is 7.71. The molecule has 0 bridgehead atoms. The van der Waals surface area contributed by atoms with Crippen LogP contribution in [-0.2, 0) is 11.3 Å². The molecule has 0 aliphatic carbocycles. The molecule has 1 fully saturated rings. The molecule has 0 saturated carbocycles. The van der Waals surface area contributed by atoms with E-state index in [1.165, 1.54) is 0 Å². The highest BCUT2D eigenvalue weighted by Gasteiger charge is 2.23. The quantitative estimate of drug-likeness (QED) is 0.748. The van der Waals surface area contributed by atoms with Crippen molar-refractivity contribution in [3.8, 4) is 0 Å². The lowest BCUT2D eigenvalue weighted by Gasteiger charge is -2.25. The number of nitrogens with zero attached hydrogens (tertiary/aromatic N) is 4. The summed E-state index contributed by atoms with van der Waals surface area (Å²) < 4.78 is 8.60. The maximum atomic E-state index is 5.78. The summed E-state index contributed by atoms with van der Waals surface area (Å²) in [7, 11) is 2.03. The van der Waals surface area contributed by atoms with Crippen molar-refractivity contribution < 1.29 is 4.74 Å². The van der Waals surface area contributed by atoms with Crippen LogP contribution >= 0.6 is 12.2 Å². The molecular formula is C16H19N5OS. The van der Waals surface area contributed by atoms with Gasteiger partial charge in [-0.25, -0.2) is 9.97 Å². The van der Waals surface area contributed by atoms with Gasteiger partial charge in [-0.2, -0.15) is 0 Å². The molecule has 120 valence electrons. The average molecular weight is 329 g/mol. The van der Waals surface area contributed by atoms with Gasteiger partial charge in [-0.1, -0.05) is 0 Å². The highest BCUT2D eigenvalue weighted by Crippen LogP contribution is 2.29. The summed E-state index contributed by atoms with van der Waals surface area (Å²) in [4.78, 5) is 14.3. The van der Waals surface area contributed by atoms with Crippen molar-refractivity contribution in [2.45, 2.75) is 32.5 Å². The van der Waals surface area contributed by atoms with Crippen molar-refractivity contribution in [3.05, 3.63) is 23.2 Å². The minimum atomic E-state index is 0.0857. The predicted molar refractivity (Wildman–Crippen MR) is 93.3 cm³/mol. The maximum absolute atomic E-state index is 5.78. The summed E-state index contributed by atoms with van der Waals surface area (Å²) >= 11 is 5.40. The number of hydrogen-bond acceptors (Lipinski definition) is 5. The van der Waals surface area contributed by atoms with Crippen LogP contribution in [-0.4, -0.2) is 39.4 Å². The fraction of sp³-hybridized carbons (Fsp3) is 0.438. The lowest BCUT2D eigenvalue weighted by atomic mass is 10.2. The van der Waals surface area contributed by atoms with Gasteiger partial charge in [-0.15, -0.1) is 0 Å². The largest absolute Gasteiger partial charge is 0.358 e. The molecule has 1 aromatic carbocycles. The van der Waals surface area contributed by atoms with Gasteiger partial charge < -0.3 is 19.2 Å². The molecule has 7 heteroatoms. The zero-order valence-corrected chi connectivity index (χ0v) is 14.1. The van der Waals surface area contributed by atoms with E-state index in [4.69, 9.17) is 17.0 Å². The number of ether oxygens (including phenoxy) is 1. The molecule has 3 aromatic rings. The van der Waals surface area contributed by atoms with Crippen LogP contribution in [0.3, 0.4) is 0 Å². The molecule has 0 radical (unpaired) electrons. The first kappa shape index (κ1) is 14.6. The normalized spacial score (nSPS) is 18.1. The topological polar surface area (TPSA) is 59.0 Å². The van der Waals surface area contributed by atoms with Crippen molar-refractivity contribution in [1.29, 1.82) is 0 Å². The Morgan fingerprint density at radius 2 is 2.30 bits per heavy atom. The monoisotopic (exact) mass is 329 g/mol. The van der Waals surface area contributed by atoms with Crippen LogP contribution in [0, 0.1) is 4.77 Å². The van der Waals surface area contributed by atoms with Crippen LogP contribution < -0.4 is 4.90 Å². The van der Waals surface area contributed by atoms with E-state index in [1.807, 2.05) is 7.05 Å². The number of H-pyrrole nitrogens is 1. The smallest absolute Gasteiger partial charge is 0.178 e. The average Bonchev–Trinajstić information content (AvgIpc) is 3.18. The van der Waals surface area contributed by atoms with Crippen LogP contribution in [0.2, 0.25) is 0 Å². The molecule has 1 saturated heterocycles. The van der Waals surface area contributed by atoms with Crippen molar-refractivity contribution in [1.82, 2.24) is 19.5 Å². The molecular weight excluding hydrogens is 310 g/mol. The van der Waals surface area contributed by atoms with Crippen molar-refractivity contribution in [2.24, 2.45) is 0 Å². The van der Waals surface area contributed by atoms with Crippen molar-refractivity contribution in [2.75, 3.05) is 18.6 Å². The Morgan fingerprint density at radius 3 is 3.04 bits per heavy atom. The summed E-state index contributed by atoms with van der Waals surface area (Å²) in [5.74, 6) is 0.896. The maximum Gasteiger partial charge on any atom is 0.178 e. The third-order valence-corrected chi connectivity index (χ3v) is 4.82. The van der Waals surface area contributed by atoms with Crippen LogP contribution in [0.15, 0.2) is 18.5 Å². The minimum Gasteiger partial charge on any atom is -0.358 e. The second-order valence-corrected chi connectivity index (χ2v) is 6.22. The van der Waals surface area contributed by atoms with Gasteiger partial charge in [0.1, 0.15) is 18.4 Å². The molecule has 23 heavy (non-hydrogen) atoms. The molecule has 3 heterocycles. The molecule has 1 aliphatic heterocycles. The summed E-state index contributed by atoms with van der Waals surface area (Å²) in [5, 5.41) is 1.01. The fourth-order valence-electron chi connectivity index (χ4n) is 3.29. The van der Waals surface area contributed by atoms with E-state index in [2.05, 4.69) is 43.5 Å². The zero-order valence-electron chi connectivity index (χ0n) is 13.2. The van der Waals surface area contributed by atoms with E-state index in [-0.39, 0.29) is 6.23 Å². The molecule has 0 amide bonds. The first-order chi connectivity index (χ1) is 11.2. The van der Waals surface area contributed by atoms with Gasteiger partial charge in [0.05, 0.1) is 16.6 Å². The number of fused-ring (bicyclic) bond motifs is 2. The Labute approximate surface area is 139 Å². The van der Waals surface area contributed by atoms with Crippen LogP contribution in [0.25, 0.3) is 21.9 Å². The number of aromatic amines is 1. The Bertz CT molecular complexity index is 925. The van der Waals surface area contributed by atoms with E-state index in [0.717, 1.165) is 58.5 Å². The van der Waals surface area contributed by atoms with Gasteiger partial charge in [0.2, 0.25) is 0 Å². The van der Waals surface area contributed by atoms with E-state index >= 15 is 0 Å². The summed E-state index contributed by atoms with van der Waals surface area (Å²) in [6.45, 7) is 3.73. The third-order valence-electron chi connectivity index (χ3n) is 4.50. The molecule has 1 unspecified atom stereocenters. The van der Waals surface area contributed by atoms with E-state index < -0.39 is 0 Å². The number of aryl methyl sites for hydroxylation is 1. The van der Waals surface area contributed by atoms with Gasteiger partial charge in [-0.3, -0.25) is 0 Å². The number of imidazole rings is 1. The van der Waals surface area contributed by atoms with Crippen molar-refractivity contribution >= 4 is 40.0 Å². The van der Waals surface area contributed by atoms with Gasteiger partial charge in [0.15, 0.2) is 4.77 Å². The summed E-state index contributed by atoms with van der Waals surface area (Å²) in [6.07, 6.45) is 3.82. The van der Waals surface area contributed by atoms with Crippen LogP contribution in [0.4, 0.5) is 5.82 Å². The molecule has 0 spiro atoms. The second-order valence-electron chi connectivity index (χ2n) is 5.84. The third kappa shape index (κ3) is 2.31. The first-order valence-corrected chi connectivity index (χ1v) is 8.31. The molecule has 2 aromatic heterocycles. The Kier molecular flexibility index (Phi) is 3.54. The SMILES string of the molecule is CCn1c(=S)[nH]c2cc3c(N(C)C4CCCO4)ncnc3cc21. The van der Waals surface area contributed by atoms with Gasteiger partial charge in [0, 0.05) is 25.6 Å². The number of benzene rings is 1. The summed E-state index contributed by atoms with van der Waals surface area (Å²) in [5.41, 5.74) is 3.01. The molecule has 1 N–H and O–H groups in total. The number of hydrogen-bond donors (Lipinski definition) is 1. The molecule has 1 aliphatic rings. The fourth-order valence-corrected chi connectivity index (χ4v) is 3.63. The van der Waals surface area contributed by atoms with E-state index in [9.17, 15) is 0 Å². The predicted octanol–water partition coefficient (Wildman–Crippen LogP) is 3.23. The Hall–Kier alpha value is -1.99. The molecule has 6 nitrogen and oxygen atoms in total. The molecule has 1 atom stereocenters. The minimum absolute atomic E-state index is 0.0857. The number of anilines is 1. The standard InChI is InChI=1S/C16H19N5OS/c1-3-21-13-8-11-10(7-12(13)19-16(21)23)15(18-9-17-11)20(2)14-5-4-6-22-14/h7-9,14H,3-6H2,1-2H3,(H,19,23). The first-order valence-electron chi connectivity index (χ1n) is 7.90. The second kappa shape index (κ2) is 5.58. The Morgan fingerprint density at radius 1 is 1.43 bits per heavy atom. The summed E-state index contributed by atoms with van der Waals surface area (Å²) in [6, 6.07) is 4.17. The Balaban J connectivity index is 1.92. The van der Waals surface area contributed by atoms with Crippen molar-refractivity contribution in [3.63, 3.8) is 0 Å². The number of rotatable bonds is 3. The lowest BCUT2D eigenvalue weighted by Crippen LogP contribution is -2.31. The van der Waals surface area contributed by atoms with Gasteiger partial charge in [-0.05, 0) is 44.1 Å². The lowest BCUT2D eigenvalue weighted by molar-refractivity contribution is 0.111.